The summed E-state index contributed by atoms with van der Waals surface area (Å²) in [7, 11) is 0. The molecule has 1 heterocycles. The maximum absolute atomic E-state index is 9.10. The summed E-state index contributed by atoms with van der Waals surface area (Å²) in [4.78, 5) is 20.7. The minimum atomic E-state index is -1.82. The number of hydrogen-bond acceptors (Lipinski definition) is 5. The normalized spacial score (nSPS) is 17.0. The molecule has 0 bridgehead atoms. The van der Waals surface area contributed by atoms with Gasteiger partial charge in [0.25, 0.3) is 0 Å². The van der Waals surface area contributed by atoms with Gasteiger partial charge in [0.1, 0.15) is 12.4 Å². The number of piperidine rings is 1. The lowest BCUT2D eigenvalue weighted by Crippen LogP contribution is -2.36. The molecule has 0 amide bonds. The summed E-state index contributed by atoms with van der Waals surface area (Å²) < 4.78 is 11.6. The number of rotatable bonds is 7. The lowest BCUT2D eigenvalue weighted by Gasteiger charge is -2.30. The van der Waals surface area contributed by atoms with E-state index in [2.05, 4.69) is 57.7 Å². The van der Waals surface area contributed by atoms with Gasteiger partial charge in [-0.25, -0.2) is 9.59 Å². The highest BCUT2D eigenvalue weighted by Gasteiger charge is 2.16. The van der Waals surface area contributed by atoms with Crippen LogP contribution in [0.15, 0.2) is 18.2 Å². The van der Waals surface area contributed by atoms with Crippen molar-refractivity contribution in [1.82, 2.24) is 4.90 Å². The Hall–Kier alpha value is -2.12. The van der Waals surface area contributed by atoms with Gasteiger partial charge in [0.15, 0.2) is 0 Å². The molecule has 7 heteroatoms. The van der Waals surface area contributed by atoms with E-state index in [9.17, 15) is 0 Å². The van der Waals surface area contributed by atoms with Crippen LogP contribution in [0.3, 0.4) is 0 Å². The Kier molecular flexibility index (Phi) is 10.8. The minimum Gasteiger partial charge on any atom is -0.491 e. The fourth-order valence-electron chi connectivity index (χ4n) is 3.27. The van der Waals surface area contributed by atoms with Crippen molar-refractivity contribution < 1.29 is 29.3 Å². The first-order valence-electron chi connectivity index (χ1n) is 10.5. The molecule has 1 aromatic carbocycles. The number of carbonyl (C=O) groups is 2. The number of benzene rings is 1. The molecule has 7 nitrogen and oxygen atoms in total. The molecule has 170 valence electrons. The van der Waals surface area contributed by atoms with Gasteiger partial charge in [0.2, 0.25) is 0 Å². The Labute approximate surface area is 180 Å². The second-order valence-electron chi connectivity index (χ2n) is 8.85. The molecule has 1 aromatic rings. The van der Waals surface area contributed by atoms with E-state index in [1.165, 1.54) is 37.1 Å². The summed E-state index contributed by atoms with van der Waals surface area (Å²) in [5, 5.41) is 14.8. The van der Waals surface area contributed by atoms with E-state index in [-0.39, 0.29) is 5.41 Å². The third kappa shape index (κ3) is 10.1. The fraction of sp³-hybridized carbons (Fsp3) is 0.652. The van der Waals surface area contributed by atoms with Gasteiger partial charge in [-0.3, -0.25) is 0 Å². The van der Waals surface area contributed by atoms with Crippen LogP contribution in [0, 0.1) is 12.8 Å². The molecule has 1 atom stereocenters. The zero-order chi connectivity index (χ0) is 22.7. The van der Waals surface area contributed by atoms with Crippen LogP contribution in [0.5, 0.6) is 5.75 Å². The number of aliphatic carboxylic acids is 2. The Balaban J connectivity index is 0.000000656. The minimum absolute atomic E-state index is 0.179. The predicted molar refractivity (Wildman–Crippen MR) is 116 cm³/mol. The highest BCUT2D eigenvalue weighted by atomic mass is 16.5. The van der Waals surface area contributed by atoms with Gasteiger partial charge in [-0.1, -0.05) is 39.8 Å². The third-order valence-electron chi connectivity index (χ3n) is 5.00. The van der Waals surface area contributed by atoms with Gasteiger partial charge >= 0.3 is 11.9 Å². The summed E-state index contributed by atoms with van der Waals surface area (Å²) in [6.45, 7) is 16.7. The number of likely N-dealkylation sites (tertiary alicyclic amines) is 1. The molecule has 0 aliphatic carbocycles. The quantitative estimate of drug-likeness (QED) is 0.511. The molecule has 0 radical (unpaired) electrons. The molecule has 1 unspecified atom stereocenters. The topological polar surface area (TPSA) is 96.3 Å². The molecule has 0 spiro atoms. The lowest BCUT2D eigenvalue weighted by atomic mass is 9.86. The van der Waals surface area contributed by atoms with Crippen molar-refractivity contribution in [2.24, 2.45) is 5.92 Å². The number of ether oxygens (including phenoxy) is 2. The van der Waals surface area contributed by atoms with Crippen LogP contribution in [0.4, 0.5) is 0 Å². The van der Waals surface area contributed by atoms with E-state index in [0.29, 0.717) is 13.2 Å². The van der Waals surface area contributed by atoms with Crippen molar-refractivity contribution in [3.8, 4) is 5.75 Å². The summed E-state index contributed by atoms with van der Waals surface area (Å²) in [5.74, 6) is -1.84. The van der Waals surface area contributed by atoms with Crippen molar-refractivity contribution in [2.45, 2.75) is 52.9 Å². The van der Waals surface area contributed by atoms with Gasteiger partial charge in [-0.2, -0.15) is 0 Å². The van der Waals surface area contributed by atoms with Crippen molar-refractivity contribution in [3.05, 3.63) is 29.3 Å². The number of carboxylic acid groups (broad SMARTS) is 2. The van der Waals surface area contributed by atoms with Crippen molar-refractivity contribution in [1.29, 1.82) is 0 Å². The van der Waals surface area contributed by atoms with Crippen LogP contribution >= 0.6 is 0 Å². The van der Waals surface area contributed by atoms with E-state index in [0.717, 1.165) is 24.8 Å². The van der Waals surface area contributed by atoms with Crippen LogP contribution in [0.1, 0.15) is 51.7 Å². The van der Waals surface area contributed by atoms with Crippen LogP contribution in [0.25, 0.3) is 0 Å². The van der Waals surface area contributed by atoms with Gasteiger partial charge in [0, 0.05) is 13.1 Å². The largest absolute Gasteiger partial charge is 0.491 e. The Morgan fingerprint density at radius 1 is 1.13 bits per heavy atom. The summed E-state index contributed by atoms with van der Waals surface area (Å²) in [6, 6.07) is 6.49. The third-order valence-corrected chi connectivity index (χ3v) is 5.00. The van der Waals surface area contributed by atoms with E-state index in [1.807, 2.05) is 0 Å². The SMILES string of the molecule is Cc1cc(C(C)(C)C)ccc1OCCOCCN1CCCC(C)C1.O=C(O)C(=O)O. The van der Waals surface area contributed by atoms with E-state index in [1.54, 1.807) is 0 Å². The first kappa shape index (κ1) is 25.9. The zero-order valence-corrected chi connectivity index (χ0v) is 18.9. The van der Waals surface area contributed by atoms with Crippen LogP contribution < -0.4 is 4.74 Å². The summed E-state index contributed by atoms with van der Waals surface area (Å²) in [5.41, 5.74) is 2.72. The first-order valence-corrected chi connectivity index (χ1v) is 10.5. The summed E-state index contributed by atoms with van der Waals surface area (Å²) in [6.07, 6.45) is 2.70. The molecule has 2 rings (SSSR count). The number of hydrogen-bond donors (Lipinski definition) is 2. The van der Waals surface area contributed by atoms with Crippen molar-refractivity contribution in [2.75, 3.05) is 39.5 Å². The van der Waals surface area contributed by atoms with E-state index >= 15 is 0 Å². The first-order chi connectivity index (χ1) is 14.0. The Bertz CT molecular complexity index is 671. The molecule has 0 saturated carbocycles. The molecule has 1 aliphatic rings. The van der Waals surface area contributed by atoms with Gasteiger partial charge in [0.05, 0.1) is 13.2 Å². The van der Waals surface area contributed by atoms with Gasteiger partial charge in [-0.05, 0) is 54.8 Å². The fourth-order valence-corrected chi connectivity index (χ4v) is 3.27. The van der Waals surface area contributed by atoms with Gasteiger partial charge < -0.3 is 24.6 Å². The molecule has 1 fully saturated rings. The molecule has 1 aliphatic heterocycles. The standard InChI is InChI=1S/C21H35NO2.C2H2O4/c1-17-7-6-10-22(16-17)11-12-23-13-14-24-20-9-8-19(15-18(20)2)21(3,4)5;3-1(4)2(5)6/h8-9,15,17H,6-7,10-14,16H2,1-5H3;(H,3,4)(H,5,6). The molecular formula is C23H37NO6. The summed E-state index contributed by atoms with van der Waals surface area (Å²) >= 11 is 0. The smallest absolute Gasteiger partial charge is 0.414 e. The average Bonchev–Trinajstić information content (AvgIpc) is 2.65. The second kappa shape index (κ2) is 12.5. The zero-order valence-electron chi connectivity index (χ0n) is 18.9. The lowest BCUT2D eigenvalue weighted by molar-refractivity contribution is -0.159. The predicted octanol–water partition coefficient (Wildman–Crippen LogP) is 3.58. The molecule has 2 N–H and O–H groups in total. The van der Waals surface area contributed by atoms with Crippen LogP contribution in [0.2, 0.25) is 0 Å². The van der Waals surface area contributed by atoms with Crippen molar-refractivity contribution in [3.63, 3.8) is 0 Å². The van der Waals surface area contributed by atoms with Gasteiger partial charge in [-0.15, -0.1) is 0 Å². The highest BCUT2D eigenvalue weighted by Crippen LogP contribution is 2.27. The molecule has 1 saturated heterocycles. The average molecular weight is 424 g/mol. The number of nitrogens with zero attached hydrogens (tertiary/aromatic N) is 1. The Morgan fingerprint density at radius 2 is 1.80 bits per heavy atom. The number of carboxylic acids is 2. The molecule has 30 heavy (non-hydrogen) atoms. The number of aryl methyl sites for hydroxylation is 1. The van der Waals surface area contributed by atoms with Crippen LogP contribution in [-0.2, 0) is 19.7 Å². The maximum Gasteiger partial charge on any atom is 0.414 e. The second-order valence-corrected chi connectivity index (χ2v) is 8.85. The van der Waals surface area contributed by atoms with E-state index in [4.69, 9.17) is 29.3 Å². The maximum atomic E-state index is 9.10. The molecule has 0 aromatic heterocycles. The molecular weight excluding hydrogens is 386 g/mol. The van der Waals surface area contributed by atoms with Crippen molar-refractivity contribution >= 4 is 11.9 Å². The van der Waals surface area contributed by atoms with E-state index < -0.39 is 11.9 Å². The Morgan fingerprint density at radius 3 is 2.33 bits per heavy atom. The monoisotopic (exact) mass is 423 g/mol. The van der Waals surface area contributed by atoms with Crippen LogP contribution in [-0.4, -0.2) is 66.5 Å². The highest BCUT2D eigenvalue weighted by molar-refractivity contribution is 6.27.